The largest absolute Gasteiger partial charge is 0.341 e. The number of nitrogens with two attached hydrogens (primary N) is 1. The summed E-state index contributed by atoms with van der Waals surface area (Å²) < 4.78 is 4.07. The van der Waals surface area contributed by atoms with Crippen LogP contribution < -0.4 is 5.73 Å². The summed E-state index contributed by atoms with van der Waals surface area (Å²) in [6.07, 6.45) is 2.95. The van der Waals surface area contributed by atoms with Crippen LogP contribution in [0.4, 0.5) is 0 Å². The lowest BCUT2D eigenvalue weighted by atomic mass is 10.2. The number of nitrogens with zero attached hydrogens (tertiary/aromatic N) is 3. The average molecular weight is 303 g/mol. The van der Waals surface area contributed by atoms with E-state index in [2.05, 4.69) is 34.9 Å². The Hall–Kier alpha value is -1.78. The maximum absolute atomic E-state index is 6.45. The third kappa shape index (κ3) is 2.34. The van der Waals surface area contributed by atoms with Crippen LogP contribution in [0.25, 0.3) is 10.9 Å². The van der Waals surface area contributed by atoms with Crippen molar-refractivity contribution >= 4 is 22.5 Å². The molecule has 0 saturated carbocycles. The summed E-state index contributed by atoms with van der Waals surface area (Å²) in [5, 5.41) is 6.45. The van der Waals surface area contributed by atoms with Gasteiger partial charge in [0.05, 0.1) is 23.0 Å². The van der Waals surface area contributed by atoms with Gasteiger partial charge in [0.15, 0.2) is 0 Å². The van der Waals surface area contributed by atoms with Crippen molar-refractivity contribution in [3.8, 4) is 0 Å². The summed E-state index contributed by atoms with van der Waals surface area (Å²) >= 11 is 6.45. The summed E-state index contributed by atoms with van der Waals surface area (Å²) in [5.41, 5.74) is 10.2. The molecule has 2 aromatic heterocycles. The number of benzene rings is 1. The van der Waals surface area contributed by atoms with Gasteiger partial charge in [-0.15, -0.1) is 0 Å². The number of hydrogen-bond acceptors (Lipinski definition) is 2. The van der Waals surface area contributed by atoms with E-state index >= 15 is 0 Å². The third-order valence-electron chi connectivity index (χ3n) is 3.91. The molecule has 0 amide bonds. The Labute approximate surface area is 129 Å². The van der Waals surface area contributed by atoms with Crippen LogP contribution in [-0.4, -0.2) is 14.3 Å². The molecule has 0 fully saturated rings. The molecule has 3 aromatic rings. The summed E-state index contributed by atoms with van der Waals surface area (Å²) in [6, 6.07) is 8.30. The Morgan fingerprint density at radius 3 is 2.71 bits per heavy atom. The van der Waals surface area contributed by atoms with E-state index in [1.54, 1.807) is 0 Å². The van der Waals surface area contributed by atoms with Crippen molar-refractivity contribution in [2.45, 2.75) is 26.4 Å². The van der Waals surface area contributed by atoms with E-state index < -0.39 is 0 Å². The molecule has 0 bridgehead atoms. The fourth-order valence-corrected chi connectivity index (χ4v) is 3.12. The van der Waals surface area contributed by atoms with Crippen LogP contribution in [0.1, 0.15) is 23.9 Å². The van der Waals surface area contributed by atoms with Gasteiger partial charge in [-0.3, -0.25) is 4.68 Å². The number of hydrogen-bond donors (Lipinski definition) is 1. The Kier molecular flexibility index (Phi) is 3.74. The highest BCUT2D eigenvalue weighted by atomic mass is 35.5. The first-order valence-electron chi connectivity index (χ1n) is 7.12. The molecule has 2 heterocycles. The third-order valence-corrected chi connectivity index (χ3v) is 4.35. The van der Waals surface area contributed by atoms with Crippen LogP contribution in [0, 0.1) is 0 Å². The first-order valence-corrected chi connectivity index (χ1v) is 7.50. The molecular formula is C16H19ClN4. The van der Waals surface area contributed by atoms with Crippen molar-refractivity contribution in [2.75, 3.05) is 0 Å². The average Bonchev–Trinajstić information content (AvgIpc) is 2.99. The van der Waals surface area contributed by atoms with E-state index in [1.165, 1.54) is 10.9 Å². The molecule has 0 saturated heterocycles. The van der Waals surface area contributed by atoms with Crippen LogP contribution in [0.5, 0.6) is 0 Å². The van der Waals surface area contributed by atoms with E-state index in [0.29, 0.717) is 13.1 Å². The number of fused-ring (bicyclic) bond motifs is 1. The van der Waals surface area contributed by atoms with Gasteiger partial charge >= 0.3 is 0 Å². The fourth-order valence-electron chi connectivity index (χ4n) is 2.77. The second-order valence-electron chi connectivity index (χ2n) is 5.19. The molecule has 0 atom stereocenters. The lowest BCUT2D eigenvalue weighted by molar-refractivity contribution is 0.669. The smallest absolute Gasteiger partial charge is 0.0868 e. The van der Waals surface area contributed by atoms with Gasteiger partial charge in [-0.25, -0.2) is 0 Å². The van der Waals surface area contributed by atoms with Crippen LogP contribution >= 0.6 is 11.6 Å². The van der Waals surface area contributed by atoms with E-state index in [9.17, 15) is 0 Å². The molecule has 21 heavy (non-hydrogen) atoms. The van der Waals surface area contributed by atoms with Gasteiger partial charge in [-0.2, -0.15) is 5.10 Å². The van der Waals surface area contributed by atoms with Gasteiger partial charge in [-0.05, 0) is 18.1 Å². The molecule has 2 N–H and O–H groups in total. The second kappa shape index (κ2) is 5.54. The number of aryl methyl sites for hydroxylation is 2. The number of aromatic nitrogens is 3. The van der Waals surface area contributed by atoms with Gasteiger partial charge < -0.3 is 10.3 Å². The predicted octanol–water partition coefficient (Wildman–Crippen LogP) is 3.10. The van der Waals surface area contributed by atoms with Gasteiger partial charge in [0.1, 0.15) is 0 Å². The van der Waals surface area contributed by atoms with Crippen LogP contribution in [-0.2, 0) is 26.6 Å². The molecule has 0 radical (unpaired) electrons. The lowest BCUT2D eigenvalue weighted by Crippen LogP contribution is -2.05. The molecule has 0 aliphatic heterocycles. The molecular weight excluding hydrogens is 284 g/mol. The van der Waals surface area contributed by atoms with Crippen LogP contribution in [0.15, 0.2) is 30.5 Å². The highest BCUT2D eigenvalue weighted by Gasteiger charge is 2.15. The Bertz CT molecular complexity index is 785. The zero-order valence-corrected chi connectivity index (χ0v) is 13.1. The van der Waals surface area contributed by atoms with Crippen molar-refractivity contribution in [1.29, 1.82) is 0 Å². The van der Waals surface area contributed by atoms with Crippen molar-refractivity contribution in [1.82, 2.24) is 14.3 Å². The van der Waals surface area contributed by atoms with Crippen molar-refractivity contribution in [3.05, 3.63) is 52.4 Å². The molecule has 0 spiro atoms. The topological polar surface area (TPSA) is 48.8 Å². The normalized spacial score (nSPS) is 11.4. The zero-order chi connectivity index (χ0) is 15.0. The quantitative estimate of drug-likeness (QED) is 0.805. The van der Waals surface area contributed by atoms with Crippen molar-refractivity contribution < 1.29 is 0 Å². The van der Waals surface area contributed by atoms with E-state index in [-0.39, 0.29) is 0 Å². The lowest BCUT2D eigenvalue weighted by Gasteiger charge is -2.06. The van der Waals surface area contributed by atoms with Gasteiger partial charge in [0.2, 0.25) is 0 Å². The first kappa shape index (κ1) is 14.2. The Balaban J connectivity index is 2.08. The maximum atomic E-state index is 6.45. The standard InChI is InChI=1S/C16H19ClN4/c1-3-13-16(17)15(20(2)19-13)10-21-9-11(8-18)12-6-4-5-7-14(12)21/h4-7,9H,3,8,10,18H2,1-2H3. The summed E-state index contributed by atoms with van der Waals surface area (Å²) in [7, 11) is 1.94. The van der Waals surface area contributed by atoms with Gasteiger partial charge in [0.25, 0.3) is 0 Å². The van der Waals surface area contributed by atoms with Crippen molar-refractivity contribution in [2.24, 2.45) is 12.8 Å². The minimum atomic E-state index is 0.535. The summed E-state index contributed by atoms with van der Waals surface area (Å²) in [6.45, 7) is 3.30. The minimum absolute atomic E-state index is 0.535. The van der Waals surface area contributed by atoms with E-state index in [1.807, 2.05) is 23.9 Å². The number of rotatable bonds is 4. The molecule has 5 heteroatoms. The Morgan fingerprint density at radius 1 is 1.29 bits per heavy atom. The van der Waals surface area contributed by atoms with E-state index in [0.717, 1.165) is 28.4 Å². The molecule has 0 aliphatic carbocycles. The zero-order valence-electron chi connectivity index (χ0n) is 12.3. The fraction of sp³-hybridized carbons (Fsp3) is 0.312. The monoisotopic (exact) mass is 302 g/mol. The molecule has 3 rings (SSSR count). The molecule has 4 nitrogen and oxygen atoms in total. The Morgan fingerprint density at radius 2 is 2.05 bits per heavy atom. The predicted molar refractivity (Wildman–Crippen MR) is 86.5 cm³/mol. The SMILES string of the molecule is CCc1nn(C)c(Cn2cc(CN)c3ccccc32)c1Cl. The van der Waals surface area contributed by atoms with E-state index in [4.69, 9.17) is 17.3 Å². The second-order valence-corrected chi connectivity index (χ2v) is 5.57. The number of halogens is 1. The summed E-state index contributed by atoms with van der Waals surface area (Å²) in [4.78, 5) is 0. The van der Waals surface area contributed by atoms with Gasteiger partial charge in [0, 0.05) is 30.7 Å². The molecule has 0 aliphatic rings. The molecule has 1 aromatic carbocycles. The summed E-state index contributed by atoms with van der Waals surface area (Å²) in [5.74, 6) is 0. The van der Waals surface area contributed by atoms with Crippen LogP contribution in [0.3, 0.4) is 0 Å². The maximum Gasteiger partial charge on any atom is 0.0868 e. The highest BCUT2D eigenvalue weighted by molar-refractivity contribution is 6.31. The molecule has 110 valence electrons. The molecule has 0 unspecified atom stereocenters. The van der Waals surface area contributed by atoms with Crippen molar-refractivity contribution in [3.63, 3.8) is 0 Å². The van der Waals surface area contributed by atoms with Crippen LogP contribution in [0.2, 0.25) is 5.02 Å². The van der Waals surface area contributed by atoms with Gasteiger partial charge in [-0.1, -0.05) is 36.7 Å². The number of para-hydroxylation sites is 1. The highest BCUT2D eigenvalue weighted by Crippen LogP contribution is 2.26. The minimum Gasteiger partial charge on any atom is -0.341 e. The first-order chi connectivity index (χ1) is 10.2.